The number of carbonyl (C=O) groups excluding carboxylic acids is 2. The Morgan fingerprint density at radius 3 is 1.97 bits per heavy atom. The van der Waals surface area contributed by atoms with Crippen molar-refractivity contribution in [3.05, 3.63) is 58.7 Å². The molecule has 0 radical (unpaired) electrons. The molecule has 0 N–H and O–H groups in total. The fraction of sp³-hybridized carbons (Fsp3) is 0.481. The lowest BCUT2D eigenvalue weighted by atomic mass is 10.0. The van der Waals surface area contributed by atoms with E-state index >= 15 is 0 Å². The Hall–Kier alpha value is -2.51. The summed E-state index contributed by atoms with van der Waals surface area (Å²) in [5.74, 6) is -0.812. The normalized spacial score (nSPS) is 20.3. The summed E-state index contributed by atoms with van der Waals surface area (Å²) in [6.45, 7) is 7.49. The average Bonchev–Trinajstić information content (AvgIpc) is 2.95. The van der Waals surface area contributed by atoms with Gasteiger partial charge in [0.15, 0.2) is 0 Å². The molecule has 2 aliphatic rings. The van der Waals surface area contributed by atoms with Crippen LogP contribution in [0.5, 0.6) is 0 Å². The van der Waals surface area contributed by atoms with Crippen LogP contribution in [0.25, 0.3) is 0 Å². The van der Waals surface area contributed by atoms with Gasteiger partial charge in [-0.05, 0) is 74.9 Å². The Bertz CT molecular complexity index is 1170. The van der Waals surface area contributed by atoms with Gasteiger partial charge >= 0.3 is 0 Å². The van der Waals surface area contributed by atoms with Gasteiger partial charge in [0.2, 0.25) is 15.9 Å². The summed E-state index contributed by atoms with van der Waals surface area (Å²) in [7, 11) is -4.04. The molecule has 1 aliphatic heterocycles. The van der Waals surface area contributed by atoms with Crippen LogP contribution in [-0.2, 0) is 19.6 Å². The number of nitrogens with zero attached hydrogens (tertiary/aromatic N) is 2. The van der Waals surface area contributed by atoms with Crippen molar-refractivity contribution < 1.29 is 18.0 Å². The zero-order valence-electron chi connectivity index (χ0n) is 20.5. The third-order valence-electron chi connectivity index (χ3n) is 7.46. The van der Waals surface area contributed by atoms with Crippen molar-refractivity contribution in [3.63, 3.8) is 0 Å². The smallest absolute Gasteiger partial charge is 0.252 e. The number of rotatable bonds is 5. The van der Waals surface area contributed by atoms with Crippen molar-refractivity contribution in [2.24, 2.45) is 0 Å². The number of imide groups is 1. The second kappa shape index (κ2) is 9.62. The molecule has 182 valence electrons. The molecule has 0 aromatic heterocycles. The Morgan fingerprint density at radius 1 is 0.853 bits per heavy atom. The largest absolute Gasteiger partial charge is 0.274 e. The maximum Gasteiger partial charge on any atom is 0.252 e. The topological polar surface area (TPSA) is 74.8 Å². The highest BCUT2D eigenvalue weighted by molar-refractivity contribution is 7.89. The lowest BCUT2D eigenvalue weighted by Crippen LogP contribution is -2.51. The quantitative estimate of drug-likeness (QED) is 0.446. The molecule has 2 amide bonds. The van der Waals surface area contributed by atoms with Crippen molar-refractivity contribution >= 4 is 27.5 Å². The standard InChI is InChI=1S/C27H34N2O4S/c1-18-16-19(2)21(4)26(20(18)3)34(32,33)29(23-14-8-5-6-9-15-23)24-17-25(30)28(27(24)31)22-12-10-7-11-13-22/h7,10-13,16,23-24H,5-6,8-9,14-15,17H2,1-4H3. The molecule has 2 fully saturated rings. The molecule has 0 bridgehead atoms. The predicted molar refractivity (Wildman–Crippen MR) is 133 cm³/mol. The van der Waals surface area contributed by atoms with E-state index in [4.69, 9.17) is 0 Å². The van der Waals surface area contributed by atoms with E-state index in [1.807, 2.05) is 39.8 Å². The predicted octanol–water partition coefficient (Wildman–Crippen LogP) is 4.97. The Labute approximate surface area is 203 Å². The molecule has 1 saturated carbocycles. The molecular weight excluding hydrogens is 448 g/mol. The van der Waals surface area contributed by atoms with E-state index in [0.29, 0.717) is 29.7 Å². The second-order valence-corrected chi connectivity index (χ2v) is 11.5. The van der Waals surface area contributed by atoms with Gasteiger partial charge in [0.05, 0.1) is 17.0 Å². The number of sulfonamides is 1. The van der Waals surface area contributed by atoms with Crippen molar-refractivity contribution in [2.45, 2.75) is 89.6 Å². The van der Waals surface area contributed by atoms with Crippen LogP contribution in [0.4, 0.5) is 5.69 Å². The summed E-state index contributed by atoms with van der Waals surface area (Å²) < 4.78 is 30.3. The van der Waals surface area contributed by atoms with Crippen LogP contribution in [-0.4, -0.2) is 36.6 Å². The third kappa shape index (κ3) is 4.31. The molecular formula is C27H34N2O4S. The first-order chi connectivity index (χ1) is 16.1. The van der Waals surface area contributed by atoms with Crippen LogP contribution in [0.2, 0.25) is 0 Å². The molecule has 1 heterocycles. The van der Waals surface area contributed by atoms with E-state index in [1.165, 1.54) is 4.31 Å². The summed E-state index contributed by atoms with van der Waals surface area (Å²) in [5, 5.41) is 0. The molecule has 1 unspecified atom stereocenters. The molecule has 2 aromatic rings. The van der Waals surface area contributed by atoms with Crippen LogP contribution >= 0.6 is 0 Å². The maximum absolute atomic E-state index is 14.4. The van der Waals surface area contributed by atoms with Gasteiger partial charge in [-0.2, -0.15) is 4.31 Å². The summed E-state index contributed by atoms with van der Waals surface area (Å²) >= 11 is 0. The molecule has 1 aliphatic carbocycles. The van der Waals surface area contributed by atoms with Gasteiger partial charge in [-0.1, -0.05) is 49.9 Å². The van der Waals surface area contributed by atoms with Crippen molar-refractivity contribution in [1.29, 1.82) is 0 Å². The fourth-order valence-electron chi connectivity index (χ4n) is 5.47. The molecule has 7 heteroatoms. The monoisotopic (exact) mass is 482 g/mol. The van der Waals surface area contributed by atoms with Gasteiger partial charge in [-0.3, -0.25) is 9.59 Å². The molecule has 1 atom stereocenters. The van der Waals surface area contributed by atoms with Gasteiger partial charge < -0.3 is 0 Å². The number of para-hydroxylation sites is 1. The molecule has 6 nitrogen and oxygen atoms in total. The first kappa shape index (κ1) is 24.6. The van der Waals surface area contributed by atoms with Crippen LogP contribution < -0.4 is 4.90 Å². The van der Waals surface area contributed by atoms with Gasteiger partial charge in [0, 0.05) is 6.04 Å². The molecule has 0 spiro atoms. The van der Waals surface area contributed by atoms with Gasteiger partial charge in [0.1, 0.15) is 6.04 Å². The van der Waals surface area contributed by atoms with E-state index in [9.17, 15) is 18.0 Å². The highest BCUT2D eigenvalue weighted by Crippen LogP contribution is 2.37. The number of hydrogen-bond acceptors (Lipinski definition) is 4. The lowest BCUT2D eigenvalue weighted by molar-refractivity contribution is -0.122. The van der Waals surface area contributed by atoms with Crippen LogP contribution in [0.3, 0.4) is 0 Å². The fourth-order valence-corrected chi connectivity index (χ4v) is 7.88. The highest BCUT2D eigenvalue weighted by Gasteiger charge is 2.50. The first-order valence-electron chi connectivity index (χ1n) is 12.2. The number of aryl methyl sites for hydroxylation is 2. The molecule has 2 aromatic carbocycles. The SMILES string of the molecule is Cc1cc(C)c(C)c(S(=O)(=O)N(C2CCCCCC2)C2CC(=O)N(c3ccccc3)C2=O)c1C. The number of anilines is 1. The molecule has 4 rings (SSSR count). The summed E-state index contributed by atoms with van der Waals surface area (Å²) in [5.41, 5.74) is 3.71. The van der Waals surface area contributed by atoms with E-state index in [-0.39, 0.29) is 23.3 Å². The number of benzene rings is 2. The summed E-state index contributed by atoms with van der Waals surface area (Å²) in [6, 6.07) is 9.45. The van der Waals surface area contributed by atoms with Gasteiger partial charge in [0.25, 0.3) is 5.91 Å². The van der Waals surface area contributed by atoms with Crippen LogP contribution in [0.15, 0.2) is 41.3 Å². The van der Waals surface area contributed by atoms with Crippen molar-refractivity contribution in [1.82, 2.24) is 4.31 Å². The van der Waals surface area contributed by atoms with Crippen molar-refractivity contribution in [2.75, 3.05) is 4.90 Å². The average molecular weight is 483 g/mol. The number of carbonyl (C=O) groups is 2. The third-order valence-corrected chi connectivity index (χ3v) is 9.70. The molecule has 34 heavy (non-hydrogen) atoms. The maximum atomic E-state index is 14.4. The minimum atomic E-state index is -4.04. The highest BCUT2D eigenvalue weighted by atomic mass is 32.2. The van der Waals surface area contributed by atoms with Gasteiger partial charge in [-0.25, -0.2) is 13.3 Å². The Morgan fingerprint density at radius 2 is 1.41 bits per heavy atom. The van der Waals surface area contributed by atoms with E-state index < -0.39 is 22.0 Å². The molecule has 1 saturated heterocycles. The van der Waals surface area contributed by atoms with Crippen LogP contribution in [0, 0.1) is 27.7 Å². The number of hydrogen-bond donors (Lipinski definition) is 0. The Kier molecular flexibility index (Phi) is 6.97. The minimum Gasteiger partial charge on any atom is -0.274 e. The van der Waals surface area contributed by atoms with Crippen molar-refractivity contribution in [3.8, 4) is 0 Å². The van der Waals surface area contributed by atoms with Gasteiger partial charge in [-0.15, -0.1) is 0 Å². The summed E-state index contributed by atoms with van der Waals surface area (Å²) in [6.07, 6.45) is 5.21. The number of amides is 2. The van der Waals surface area contributed by atoms with E-state index in [0.717, 1.165) is 41.7 Å². The zero-order valence-corrected chi connectivity index (χ0v) is 21.3. The first-order valence-corrected chi connectivity index (χ1v) is 13.6. The summed E-state index contributed by atoms with van der Waals surface area (Å²) in [4.78, 5) is 28.1. The Balaban J connectivity index is 1.85. The van der Waals surface area contributed by atoms with E-state index in [2.05, 4.69) is 0 Å². The zero-order chi connectivity index (χ0) is 24.6. The lowest BCUT2D eigenvalue weighted by Gasteiger charge is -2.35. The van der Waals surface area contributed by atoms with E-state index in [1.54, 1.807) is 24.3 Å². The van der Waals surface area contributed by atoms with Crippen LogP contribution in [0.1, 0.15) is 67.2 Å². The second-order valence-electron chi connectivity index (χ2n) is 9.69. The minimum absolute atomic E-state index is 0.133.